The molecule has 1 aromatic carbocycles. The number of halogens is 2. The number of nitrogens with zero attached hydrogens (tertiary/aromatic N) is 2. The number of benzene rings is 1. The highest BCUT2D eigenvalue weighted by Crippen LogP contribution is 2.18. The molecular weight excluding hydrogens is 309 g/mol. The number of aliphatic hydroxyl groups excluding tert-OH is 1. The first kappa shape index (κ1) is 16.5. The van der Waals surface area contributed by atoms with E-state index in [4.69, 9.17) is 16.7 Å². The second-order valence-electron chi connectivity index (χ2n) is 5.00. The van der Waals surface area contributed by atoms with E-state index in [9.17, 15) is 9.18 Å². The van der Waals surface area contributed by atoms with Crippen LogP contribution >= 0.6 is 11.6 Å². The third-order valence-corrected chi connectivity index (χ3v) is 3.90. The molecule has 0 spiro atoms. The molecule has 7 heteroatoms. The molecule has 0 saturated heterocycles. The fraction of sp³-hybridized carbons (Fsp3) is 0.333. The van der Waals surface area contributed by atoms with Crippen LogP contribution in [0, 0.1) is 19.7 Å². The lowest BCUT2D eigenvalue weighted by Gasteiger charge is -2.08. The molecule has 0 aliphatic carbocycles. The summed E-state index contributed by atoms with van der Waals surface area (Å²) in [6, 6.07) is 4.36. The van der Waals surface area contributed by atoms with E-state index in [1.54, 1.807) is 19.9 Å². The number of aryl methyl sites for hydroxylation is 1. The van der Waals surface area contributed by atoms with Crippen molar-refractivity contribution >= 4 is 17.5 Å². The summed E-state index contributed by atoms with van der Waals surface area (Å²) in [6.07, 6.45) is 0. The van der Waals surface area contributed by atoms with Crippen LogP contribution in [0.25, 0.3) is 0 Å². The van der Waals surface area contributed by atoms with Gasteiger partial charge in [0, 0.05) is 12.1 Å². The van der Waals surface area contributed by atoms with Crippen molar-refractivity contribution in [3.05, 3.63) is 51.6 Å². The quantitative estimate of drug-likeness (QED) is 0.884. The predicted molar refractivity (Wildman–Crippen MR) is 80.9 cm³/mol. The minimum Gasteiger partial charge on any atom is -0.392 e. The Morgan fingerprint density at radius 1 is 1.45 bits per heavy atom. The maximum atomic E-state index is 13.3. The van der Waals surface area contributed by atoms with Crippen molar-refractivity contribution in [3.8, 4) is 0 Å². The minimum absolute atomic E-state index is 0.0629. The van der Waals surface area contributed by atoms with Gasteiger partial charge in [0.15, 0.2) is 0 Å². The van der Waals surface area contributed by atoms with Gasteiger partial charge in [0.05, 0.1) is 23.0 Å². The van der Waals surface area contributed by atoms with Gasteiger partial charge in [-0.2, -0.15) is 5.10 Å². The van der Waals surface area contributed by atoms with E-state index in [2.05, 4.69) is 10.4 Å². The van der Waals surface area contributed by atoms with Crippen LogP contribution in [-0.2, 0) is 24.5 Å². The minimum atomic E-state index is -0.463. The Balaban J connectivity index is 1.97. The number of amides is 1. The summed E-state index contributed by atoms with van der Waals surface area (Å²) >= 11 is 6.03. The van der Waals surface area contributed by atoms with Gasteiger partial charge in [-0.05, 0) is 31.5 Å². The van der Waals surface area contributed by atoms with Crippen molar-refractivity contribution in [2.45, 2.75) is 33.5 Å². The van der Waals surface area contributed by atoms with E-state index >= 15 is 0 Å². The number of hydrogen-bond acceptors (Lipinski definition) is 3. The molecule has 0 aliphatic rings. The number of rotatable bonds is 5. The molecular formula is C15H17ClFN3O2. The van der Waals surface area contributed by atoms with Crippen LogP contribution in [0.1, 0.15) is 22.5 Å². The van der Waals surface area contributed by atoms with Gasteiger partial charge in [0.2, 0.25) is 5.91 Å². The van der Waals surface area contributed by atoms with E-state index in [0.29, 0.717) is 16.3 Å². The average Bonchev–Trinajstić information content (AvgIpc) is 2.73. The summed E-state index contributed by atoms with van der Waals surface area (Å²) in [7, 11) is 0. The fourth-order valence-corrected chi connectivity index (χ4v) is 2.22. The summed E-state index contributed by atoms with van der Waals surface area (Å²) < 4.78 is 14.8. The summed E-state index contributed by atoms with van der Waals surface area (Å²) in [5, 5.41) is 16.5. The molecule has 22 heavy (non-hydrogen) atoms. The Labute approximate surface area is 132 Å². The van der Waals surface area contributed by atoms with Crippen LogP contribution in [0.15, 0.2) is 18.2 Å². The van der Waals surface area contributed by atoms with Crippen molar-refractivity contribution in [2.24, 2.45) is 0 Å². The second kappa shape index (κ2) is 6.89. The van der Waals surface area contributed by atoms with Gasteiger partial charge in [-0.1, -0.05) is 17.7 Å². The number of aromatic nitrogens is 2. The predicted octanol–water partition coefficient (Wildman–Crippen LogP) is 2.10. The third kappa shape index (κ3) is 3.64. The summed E-state index contributed by atoms with van der Waals surface area (Å²) in [6.45, 7) is 3.51. The van der Waals surface area contributed by atoms with Crippen molar-refractivity contribution in [3.63, 3.8) is 0 Å². The summed E-state index contributed by atoms with van der Waals surface area (Å²) in [4.78, 5) is 11.9. The lowest BCUT2D eigenvalue weighted by atomic mass is 10.1. The third-order valence-electron chi connectivity index (χ3n) is 3.36. The Hall–Kier alpha value is -1.92. The molecule has 1 heterocycles. The van der Waals surface area contributed by atoms with Gasteiger partial charge in [-0.3, -0.25) is 9.48 Å². The molecule has 118 valence electrons. The van der Waals surface area contributed by atoms with Crippen molar-refractivity contribution in [1.82, 2.24) is 15.1 Å². The number of hydrogen-bond donors (Lipinski definition) is 2. The molecule has 0 aliphatic heterocycles. The first-order chi connectivity index (χ1) is 10.4. The van der Waals surface area contributed by atoms with Gasteiger partial charge in [0.1, 0.15) is 12.4 Å². The zero-order valence-electron chi connectivity index (χ0n) is 12.4. The molecule has 1 amide bonds. The van der Waals surface area contributed by atoms with Gasteiger partial charge < -0.3 is 10.4 Å². The van der Waals surface area contributed by atoms with Crippen molar-refractivity contribution < 1.29 is 14.3 Å². The molecule has 2 rings (SSSR count). The normalized spacial score (nSPS) is 10.8. The first-order valence-electron chi connectivity index (χ1n) is 6.76. The number of carbonyl (C=O) groups excluding carboxylic acids is 1. The largest absolute Gasteiger partial charge is 0.392 e. The van der Waals surface area contributed by atoms with Gasteiger partial charge in [-0.25, -0.2) is 4.39 Å². The van der Waals surface area contributed by atoms with Crippen LogP contribution in [0.3, 0.4) is 0 Å². The van der Waals surface area contributed by atoms with Crippen LogP contribution in [0.5, 0.6) is 0 Å². The molecule has 5 nitrogen and oxygen atoms in total. The van der Waals surface area contributed by atoms with E-state index in [0.717, 1.165) is 5.69 Å². The maximum Gasteiger partial charge on any atom is 0.242 e. The Kier molecular flexibility index (Phi) is 5.15. The molecule has 0 saturated carbocycles. The van der Waals surface area contributed by atoms with E-state index in [-0.39, 0.29) is 31.2 Å². The Morgan fingerprint density at radius 3 is 2.77 bits per heavy atom. The average molecular weight is 326 g/mol. The van der Waals surface area contributed by atoms with Crippen LogP contribution in [0.4, 0.5) is 4.39 Å². The standard InChI is InChI=1S/C15H17ClFN3O2/c1-9-15(16)10(2)20(19-9)7-14(22)18-6-11-3-4-13(17)12(5-11)8-21/h3-5,21H,6-8H2,1-2H3,(H,18,22). The van der Waals surface area contributed by atoms with E-state index in [1.165, 1.54) is 16.8 Å². The van der Waals surface area contributed by atoms with Crippen LogP contribution < -0.4 is 5.32 Å². The molecule has 0 fully saturated rings. The molecule has 0 radical (unpaired) electrons. The SMILES string of the molecule is Cc1nn(CC(=O)NCc2ccc(F)c(CO)c2)c(C)c1Cl. The first-order valence-corrected chi connectivity index (χ1v) is 7.14. The highest BCUT2D eigenvalue weighted by atomic mass is 35.5. The number of nitrogens with one attached hydrogen (secondary N) is 1. The Morgan fingerprint density at radius 2 is 2.18 bits per heavy atom. The Bertz CT molecular complexity index is 700. The van der Waals surface area contributed by atoms with E-state index in [1.807, 2.05) is 0 Å². The zero-order valence-corrected chi connectivity index (χ0v) is 13.1. The highest BCUT2D eigenvalue weighted by Gasteiger charge is 2.12. The van der Waals surface area contributed by atoms with Crippen molar-refractivity contribution in [1.29, 1.82) is 0 Å². The zero-order chi connectivity index (χ0) is 16.3. The van der Waals surface area contributed by atoms with Crippen molar-refractivity contribution in [2.75, 3.05) is 0 Å². The highest BCUT2D eigenvalue weighted by molar-refractivity contribution is 6.31. The summed E-state index contributed by atoms with van der Waals surface area (Å²) in [5.74, 6) is -0.688. The molecule has 0 bridgehead atoms. The van der Waals surface area contributed by atoms with E-state index < -0.39 is 5.82 Å². The molecule has 0 unspecified atom stereocenters. The summed E-state index contributed by atoms with van der Waals surface area (Å²) in [5.41, 5.74) is 2.33. The van der Waals surface area contributed by atoms with Gasteiger partial charge in [-0.15, -0.1) is 0 Å². The lowest BCUT2D eigenvalue weighted by Crippen LogP contribution is -2.28. The lowest BCUT2D eigenvalue weighted by molar-refractivity contribution is -0.122. The smallest absolute Gasteiger partial charge is 0.242 e. The topological polar surface area (TPSA) is 67.2 Å². The van der Waals surface area contributed by atoms with Gasteiger partial charge >= 0.3 is 0 Å². The molecule has 0 atom stereocenters. The molecule has 2 aromatic rings. The van der Waals surface area contributed by atoms with Crippen LogP contribution in [0.2, 0.25) is 5.02 Å². The molecule has 1 aromatic heterocycles. The number of carbonyl (C=O) groups is 1. The fourth-order valence-electron chi connectivity index (χ4n) is 2.08. The second-order valence-corrected chi connectivity index (χ2v) is 5.38. The monoisotopic (exact) mass is 325 g/mol. The maximum absolute atomic E-state index is 13.3. The van der Waals surface area contributed by atoms with Gasteiger partial charge in [0.25, 0.3) is 0 Å². The number of aliphatic hydroxyl groups is 1. The van der Waals surface area contributed by atoms with Crippen LogP contribution in [-0.4, -0.2) is 20.8 Å². The molecule has 2 N–H and O–H groups in total.